The monoisotopic (exact) mass is 418 g/mol. The Bertz CT molecular complexity index is 952. The van der Waals surface area contributed by atoms with Crippen LogP contribution in [0, 0.1) is 12.3 Å². The second kappa shape index (κ2) is 8.97. The number of benzene rings is 2. The minimum atomic E-state index is -3.77. The van der Waals surface area contributed by atoms with E-state index in [0.717, 1.165) is 12.1 Å². The fourth-order valence-corrected chi connectivity index (χ4v) is 4.53. The van der Waals surface area contributed by atoms with Gasteiger partial charge in [-0.1, -0.05) is 37.6 Å². The number of nitrogens with zero attached hydrogens (tertiary/aromatic N) is 1. The van der Waals surface area contributed by atoms with Gasteiger partial charge in [0.05, 0.1) is 31.2 Å². The van der Waals surface area contributed by atoms with Crippen LogP contribution in [0.15, 0.2) is 53.4 Å². The van der Waals surface area contributed by atoms with Crippen LogP contribution in [0.2, 0.25) is 0 Å². The molecule has 0 saturated carbocycles. The molecule has 0 atom stereocenters. The molecule has 6 nitrogen and oxygen atoms in total. The van der Waals surface area contributed by atoms with E-state index in [1.807, 2.05) is 19.1 Å². The van der Waals surface area contributed by atoms with Crippen molar-refractivity contribution in [2.24, 2.45) is 5.41 Å². The summed E-state index contributed by atoms with van der Waals surface area (Å²) in [6.07, 6.45) is 0. The Morgan fingerprint density at radius 2 is 1.72 bits per heavy atom. The largest absolute Gasteiger partial charge is 0.351 e. The molecule has 158 valence electrons. The van der Waals surface area contributed by atoms with Gasteiger partial charge in [-0.15, -0.1) is 0 Å². The number of carbonyl (C=O) groups is 1. The van der Waals surface area contributed by atoms with E-state index in [1.54, 1.807) is 24.3 Å². The molecule has 0 aliphatic rings. The first-order valence-corrected chi connectivity index (χ1v) is 11.1. The van der Waals surface area contributed by atoms with E-state index >= 15 is 0 Å². The number of rotatable bonds is 8. The van der Waals surface area contributed by atoms with Gasteiger partial charge in [-0.3, -0.25) is 9.10 Å². The number of nitrogens with one attached hydrogen (secondary N) is 2. The van der Waals surface area contributed by atoms with Gasteiger partial charge < -0.3 is 10.2 Å². The van der Waals surface area contributed by atoms with Gasteiger partial charge in [0, 0.05) is 24.6 Å². The zero-order valence-corrected chi connectivity index (χ0v) is 18.9. The van der Waals surface area contributed by atoms with Gasteiger partial charge in [-0.2, -0.15) is 0 Å². The zero-order valence-electron chi connectivity index (χ0n) is 18.1. The minimum absolute atomic E-state index is 0.0656. The van der Waals surface area contributed by atoms with Crippen molar-refractivity contribution in [1.29, 1.82) is 0 Å². The van der Waals surface area contributed by atoms with Crippen molar-refractivity contribution in [2.45, 2.75) is 25.7 Å². The fraction of sp³-hybridized carbons (Fsp3) is 0.409. The van der Waals surface area contributed by atoms with Crippen LogP contribution < -0.4 is 14.5 Å². The summed E-state index contributed by atoms with van der Waals surface area (Å²) in [5.41, 5.74) is 1.89. The molecule has 0 aromatic heterocycles. The highest BCUT2D eigenvalue weighted by atomic mass is 32.2. The van der Waals surface area contributed by atoms with Crippen LogP contribution >= 0.6 is 0 Å². The lowest BCUT2D eigenvalue weighted by Gasteiger charge is -2.26. The topological polar surface area (TPSA) is 70.9 Å². The molecular weight excluding hydrogens is 386 g/mol. The Kier molecular flexibility index (Phi) is 7.08. The fourth-order valence-electron chi connectivity index (χ4n) is 3.29. The van der Waals surface area contributed by atoms with E-state index in [9.17, 15) is 13.2 Å². The summed E-state index contributed by atoms with van der Waals surface area (Å²) >= 11 is 0. The summed E-state index contributed by atoms with van der Waals surface area (Å²) in [5.74, 6) is -0.276. The zero-order chi connectivity index (χ0) is 21.8. The first-order valence-electron chi connectivity index (χ1n) is 9.65. The minimum Gasteiger partial charge on any atom is -0.351 e. The normalized spacial score (nSPS) is 12.1. The van der Waals surface area contributed by atoms with E-state index in [-0.39, 0.29) is 16.2 Å². The van der Waals surface area contributed by atoms with E-state index in [2.05, 4.69) is 33.3 Å². The second-order valence-electron chi connectivity index (χ2n) is 8.57. The summed E-state index contributed by atoms with van der Waals surface area (Å²) in [4.78, 5) is 14.0. The molecule has 0 aliphatic carbocycles. The summed E-state index contributed by atoms with van der Waals surface area (Å²) in [7, 11) is 1.89. The first-order chi connectivity index (χ1) is 13.4. The van der Waals surface area contributed by atoms with Crippen molar-refractivity contribution in [1.82, 2.24) is 5.32 Å². The average Bonchev–Trinajstić information content (AvgIpc) is 2.65. The molecule has 29 heavy (non-hydrogen) atoms. The molecule has 0 saturated heterocycles. The summed E-state index contributed by atoms with van der Waals surface area (Å²) < 4.78 is 27.3. The average molecular weight is 419 g/mol. The van der Waals surface area contributed by atoms with Crippen molar-refractivity contribution in [3.05, 3.63) is 59.7 Å². The first kappa shape index (κ1) is 22.9. The smallest absolute Gasteiger partial charge is 0.264 e. The molecule has 2 aromatic carbocycles. The molecule has 0 radical (unpaired) electrons. The Labute approximate surface area is 174 Å². The number of amides is 1. The highest BCUT2D eigenvalue weighted by Gasteiger charge is 2.24. The number of anilines is 1. The molecule has 2 aromatic rings. The maximum Gasteiger partial charge on any atom is 0.264 e. The Balaban J connectivity index is 2.19. The number of sulfonamides is 1. The van der Waals surface area contributed by atoms with Gasteiger partial charge in [-0.25, -0.2) is 8.42 Å². The molecule has 0 heterocycles. The van der Waals surface area contributed by atoms with Gasteiger partial charge in [0.1, 0.15) is 0 Å². The van der Waals surface area contributed by atoms with Gasteiger partial charge >= 0.3 is 0 Å². The highest BCUT2D eigenvalue weighted by Crippen LogP contribution is 2.23. The predicted octanol–water partition coefficient (Wildman–Crippen LogP) is 1.72. The van der Waals surface area contributed by atoms with Crippen LogP contribution in [0.4, 0.5) is 5.69 Å². The van der Waals surface area contributed by atoms with Gasteiger partial charge in [-0.05, 0) is 37.3 Å². The molecular formula is C22H32N3O3S+. The third kappa shape index (κ3) is 6.05. The third-order valence-electron chi connectivity index (χ3n) is 4.71. The molecule has 0 aliphatic heterocycles. The maximum absolute atomic E-state index is 13.0. The van der Waals surface area contributed by atoms with Crippen molar-refractivity contribution in [3.8, 4) is 0 Å². The predicted molar refractivity (Wildman–Crippen MR) is 117 cm³/mol. The molecule has 0 bridgehead atoms. The second-order valence-corrected chi connectivity index (χ2v) is 10.5. The summed E-state index contributed by atoms with van der Waals surface area (Å²) in [6.45, 7) is 7.55. The molecule has 0 fully saturated rings. The number of hydrogen-bond acceptors (Lipinski definition) is 3. The maximum atomic E-state index is 13.0. The van der Waals surface area contributed by atoms with Crippen LogP contribution in [0.25, 0.3) is 0 Å². The molecule has 7 heteroatoms. The number of aryl methyl sites for hydroxylation is 1. The van der Waals surface area contributed by atoms with Crippen LogP contribution in [0.1, 0.15) is 29.8 Å². The number of carbonyl (C=O) groups excluding carboxylic acids is 1. The Morgan fingerprint density at radius 1 is 1.10 bits per heavy atom. The number of quaternary nitrogens is 1. The van der Waals surface area contributed by atoms with Gasteiger partial charge in [0.15, 0.2) is 0 Å². The lowest BCUT2D eigenvalue weighted by Crippen LogP contribution is -3.07. The Morgan fingerprint density at radius 3 is 2.31 bits per heavy atom. The van der Waals surface area contributed by atoms with Crippen molar-refractivity contribution < 1.29 is 18.1 Å². The SMILES string of the molecule is Cc1ccc(N(C)S(=O)(=O)c2cccc(C(=O)NCC(C)(C)C[NH+](C)C)c2)cc1. The van der Waals surface area contributed by atoms with Crippen LogP contribution in [-0.2, 0) is 10.0 Å². The van der Waals surface area contributed by atoms with E-state index in [4.69, 9.17) is 0 Å². The van der Waals surface area contributed by atoms with Gasteiger partial charge in [0.2, 0.25) is 0 Å². The molecule has 2 N–H and O–H groups in total. The van der Waals surface area contributed by atoms with Crippen molar-refractivity contribution in [2.75, 3.05) is 38.5 Å². The standard InChI is InChI=1S/C22H31N3O3S/c1-17-10-12-19(13-11-17)25(6)29(27,28)20-9-7-8-18(14-20)21(26)23-15-22(2,3)16-24(4)5/h7-14H,15-16H2,1-6H3,(H,23,26)/p+1. The van der Waals surface area contributed by atoms with E-state index in [0.29, 0.717) is 17.8 Å². The molecule has 0 spiro atoms. The van der Waals surface area contributed by atoms with Gasteiger partial charge in [0.25, 0.3) is 15.9 Å². The highest BCUT2D eigenvalue weighted by molar-refractivity contribution is 7.92. The van der Waals surface area contributed by atoms with Crippen molar-refractivity contribution in [3.63, 3.8) is 0 Å². The quantitative estimate of drug-likeness (QED) is 0.686. The number of hydrogen-bond donors (Lipinski definition) is 2. The van der Waals surface area contributed by atoms with Crippen molar-refractivity contribution >= 4 is 21.6 Å². The lowest BCUT2D eigenvalue weighted by molar-refractivity contribution is -0.865. The lowest BCUT2D eigenvalue weighted by atomic mass is 9.93. The Hall–Kier alpha value is -2.38. The molecule has 1 amide bonds. The van der Waals surface area contributed by atoms with Crippen LogP contribution in [0.3, 0.4) is 0 Å². The summed E-state index contributed by atoms with van der Waals surface area (Å²) in [6, 6.07) is 13.4. The molecule has 0 unspecified atom stereocenters. The van der Waals surface area contributed by atoms with Crippen LogP contribution in [0.5, 0.6) is 0 Å². The van der Waals surface area contributed by atoms with E-state index in [1.165, 1.54) is 28.4 Å². The third-order valence-corrected chi connectivity index (χ3v) is 6.49. The van der Waals surface area contributed by atoms with E-state index < -0.39 is 10.0 Å². The summed E-state index contributed by atoms with van der Waals surface area (Å²) in [5, 5.41) is 2.93. The molecule has 2 rings (SSSR count). The van der Waals surface area contributed by atoms with Crippen LogP contribution in [-0.4, -0.2) is 48.6 Å².